The number of nitrogens with zero attached hydrogens (tertiary/aromatic N) is 3. The highest BCUT2D eigenvalue weighted by Crippen LogP contribution is 2.34. The monoisotopic (exact) mass is 442 g/mol. The van der Waals surface area contributed by atoms with Crippen LogP contribution in [0.4, 0.5) is 15.9 Å². The van der Waals surface area contributed by atoms with Crippen molar-refractivity contribution >= 4 is 29.2 Å². The molecule has 3 amide bonds. The number of methoxy groups -OCH3 is 2. The number of hydrogen-bond donors (Lipinski definition) is 3. The number of aromatic nitrogens is 3. The lowest BCUT2D eigenvalue weighted by molar-refractivity contribution is -0.133. The molecule has 3 aromatic rings. The van der Waals surface area contributed by atoms with Gasteiger partial charge in [0.05, 0.1) is 20.8 Å². The van der Waals surface area contributed by atoms with E-state index in [1.807, 2.05) is 0 Å². The molecule has 0 fully saturated rings. The van der Waals surface area contributed by atoms with Crippen molar-refractivity contribution in [2.45, 2.75) is 6.54 Å². The van der Waals surface area contributed by atoms with Crippen molar-refractivity contribution in [1.29, 1.82) is 0 Å². The number of benzene rings is 2. The van der Waals surface area contributed by atoms with Crippen LogP contribution in [0.5, 0.6) is 11.5 Å². The highest BCUT2D eigenvalue weighted by atomic mass is 19.1. The number of hydrogen-bond acceptors (Lipinski definition) is 7. The van der Waals surface area contributed by atoms with Crippen LogP contribution in [0.15, 0.2) is 42.5 Å². The summed E-state index contributed by atoms with van der Waals surface area (Å²) in [6.45, 7) is 0.0259. The Bertz CT molecular complexity index is 1140. The fourth-order valence-corrected chi connectivity index (χ4v) is 2.79. The van der Waals surface area contributed by atoms with Crippen molar-refractivity contribution in [2.24, 2.45) is 5.73 Å². The van der Waals surface area contributed by atoms with Gasteiger partial charge in [-0.2, -0.15) is 0 Å². The molecule has 166 valence electrons. The molecule has 0 saturated heterocycles. The van der Waals surface area contributed by atoms with Crippen molar-refractivity contribution < 1.29 is 28.2 Å². The first-order valence-electron chi connectivity index (χ1n) is 9.15. The van der Waals surface area contributed by atoms with Crippen LogP contribution >= 0.6 is 0 Å². The summed E-state index contributed by atoms with van der Waals surface area (Å²) in [6, 6.07) is 10.3. The Labute approximate surface area is 181 Å². The number of para-hydroxylation sites is 1. The number of anilines is 2. The maximum Gasteiger partial charge on any atom is 0.315 e. The molecule has 4 N–H and O–H groups in total. The second kappa shape index (κ2) is 9.55. The number of nitrogens with two attached hydrogens (primary N) is 1. The van der Waals surface area contributed by atoms with Crippen molar-refractivity contribution in [1.82, 2.24) is 15.0 Å². The van der Waals surface area contributed by atoms with Crippen LogP contribution < -0.4 is 25.8 Å². The van der Waals surface area contributed by atoms with Gasteiger partial charge in [-0.25, -0.2) is 9.07 Å². The Kier molecular flexibility index (Phi) is 6.63. The summed E-state index contributed by atoms with van der Waals surface area (Å²) in [5, 5.41) is 12.2. The number of amides is 3. The van der Waals surface area contributed by atoms with E-state index in [2.05, 4.69) is 20.9 Å². The number of halogens is 1. The fraction of sp³-hybridized carbons (Fsp3) is 0.150. The van der Waals surface area contributed by atoms with Crippen LogP contribution in [0.25, 0.3) is 0 Å². The highest BCUT2D eigenvalue weighted by Gasteiger charge is 2.24. The number of primary amides is 1. The summed E-state index contributed by atoms with van der Waals surface area (Å²) < 4.78 is 24.7. The Morgan fingerprint density at radius 2 is 1.59 bits per heavy atom. The minimum atomic E-state index is -1.12. The zero-order chi connectivity index (χ0) is 23.3. The lowest BCUT2D eigenvalue weighted by Crippen LogP contribution is -2.31. The molecule has 0 spiro atoms. The maximum atomic E-state index is 13.1. The van der Waals surface area contributed by atoms with Gasteiger partial charge in [-0.05, 0) is 29.8 Å². The van der Waals surface area contributed by atoms with Gasteiger partial charge in [0, 0.05) is 0 Å². The van der Waals surface area contributed by atoms with Gasteiger partial charge in [0.2, 0.25) is 0 Å². The third kappa shape index (κ3) is 4.80. The van der Waals surface area contributed by atoms with E-state index in [1.54, 1.807) is 18.2 Å². The summed E-state index contributed by atoms with van der Waals surface area (Å²) in [7, 11) is 2.78. The molecule has 0 aliphatic carbocycles. The molecule has 1 heterocycles. The third-order valence-electron chi connectivity index (χ3n) is 4.32. The Morgan fingerprint density at radius 1 is 1.00 bits per heavy atom. The SMILES string of the molecule is COc1cccc(OC)c1NC(=O)C(=O)Nc1c(C(N)=O)nnn1Cc1ccc(F)cc1. The zero-order valence-corrected chi connectivity index (χ0v) is 17.1. The number of carbonyl (C=O) groups excluding carboxylic acids is 3. The van der Waals surface area contributed by atoms with Crippen LogP contribution in [0.2, 0.25) is 0 Å². The predicted molar refractivity (Wildman–Crippen MR) is 111 cm³/mol. The highest BCUT2D eigenvalue weighted by molar-refractivity contribution is 6.44. The lowest BCUT2D eigenvalue weighted by atomic mass is 10.2. The first-order chi connectivity index (χ1) is 15.3. The lowest BCUT2D eigenvalue weighted by Gasteiger charge is -2.14. The average Bonchev–Trinajstić information content (AvgIpc) is 3.17. The van der Waals surface area contributed by atoms with Gasteiger partial charge < -0.3 is 25.8 Å². The normalized spacial score (nSPS) is 10.3. The molecule has 0 radical (unpaired) electrons. The summed E-state index contributed by atoms with van der Waals surface area (Å²) in [5.41, 5.74) is 5.71. The smallest absolute Gasteiger partial charge is 0.315 e. The van der Waals surface area contributed by atoms with Crippen LogP contribution in [0.3, 0.4) is 0 Å². The van der Waals surface area contributed by atoms with E-state index in [0.29, 0.717) is 5.56 Å². The molecule has 12 heteroatoms. The third-order valence-corrected chi connectivity index (χ3v) is 4.32. The van der Waals surface area contributed by atoms with Gasteiger partial charge in [-0.1, -0.05) is 23.4 Å². The molecule has 32 heavy (non-hydrogen) atoms. The van der Waals surface area contributed by atoms with Crippen molar-refractivity contribution in [3.05, 3.63) is 59.5 Å². The minimum Gasteiger partial charge on any atom is -0.494 e. The zero-order valence-electron chi connectivity index (χ0n) is 17.1. The average molecular weight is 442 g/mol. The van der Waals surface area contributed by atoms with Gasteiger partial charge in [0.25, 0.3) is 5.91 Å². The second-order valence-electron chi connectivity index (χ2n) is 6.38. The van der Waals surface area contributed by atoms with Gasteiger partial charge in [0.1, 0.15) is 23.0 Å². The van der Waals surface area contributed by atoms with E-state index < -0.39 is 23.5 Å². The van der Waals surface area contributed by atoms with Crippen LogP contribution in [-0.2, 0) is 16.1 Å². The first-order valence-corrected chi connectivity index (χ1v) is 9.15. The first kappa shape index (κ1) is 22.2. The number of rotatable bonds is 7. The number of carbonyl (C=O) groups is 3. The molecular weight excluding hydrogens is 423 g/mol. The van der Waals surface area contributed by atoms with Crippen molar-refractivity contribution in [3.63, 3.8) is 0 Å². The largest absolute Gasteiger partial charge is 0.494 e. The molecule has 0 aliphatic heterocycles. The summed E-state index contributed by atoms with van der Waals surface area (Å²) in [4.78, 5) is 36.8. The molecule has 0 saturated carbocycles. The topological polar surface area (TPSA) is 150 Å². The van der Waals surface area contributed by atoms with Crippen LogP contribution in [-0.4, -0.2) is 46.9 Å². The van der Waals surface area contributed by atoms with Crippen molar-refractivity contribution in [2.75, 3.05) is 24.9 Å². The quantitative estimate of drug-likeness (QED) is 0.465. The number of ether oxygens (including phenoxy) is 2. The molecular formula is C20H19FN6O5. The van der Waals surface area contributed by atoms with E-state index in [0.717, 1.165) is 4.68 Å². The Balaban J connectivity index is 1.84. The standard InChI is InChI=1S/C20H19FN6O5/c1-31-13-4-3-5-14(32-2)15(13)23-19(29)20(30)24-18-16(17(22)28)25-26-27(18)10-11-6-8-12(21)9-7-11/h3-9H,10H2,1-2H3,(H2,22,28)(H,23,29)(H,24,30). The Morgan fingerprint density at radius 3 is 2.16 bits per heavy atom. The van der Waals surface area contributed by atoms with Crippen LogP contribution in [0, 0.1) is 5.82 Å². The van der Waals surface area contributed by atoms with Crippen molar-refractivity contribution in [3.8, 4) is 11.5 Å². The molecule has 11 nitrogen and oxygen atoms in total. The molecule has 3 rings (SSSR count). The van der Waals surface area contributed by atoms with E-state index in [9.17, 15) is 18.8 Å². The minimum absolute atomic E-state index is 0.0259. The van der Waals surface area contributed by atoms with Crippen LogP contribution in [0.1, 0.15) is 16.1 Å². The Hall–Kier alpha value is -4.48. The second-order valence-corrected chi connectivity index (χ2v) is 6.38. The predicted octanol–water partition coefficient (Wildman–Crippen LogP) is 1.16. The fourth-order valence-electron chi connectivity index (χ4n) is 2.79. The van der Waals surface area contributed by atoms with Gasteiger partial charge >= 0.3 is 11.8 Å². The summed E-state index contributed by atoms with van der Waals surface area (Å²) in [6.07, 6.45) is 0. The van der Waals surface area contributed by atoms with E-state index in [4.69, 9.17) is 15.2 Å². The van der Waals surface area contributed by atoms with Gasteiger partial charge in [0.15, 0.2) is 11.5 Å². The van der Waals surface area contributed by atoms with Gasteiger partial charge in [-0.3, -0.25) is 14.4 Å². The van der Waals surface area contributed by atoms with Gasteiger partial charge in [-0.15, -0.1) is 5.10 Å². The maximum absolute atomic E-state index is 13.1. The summed E-state index contributed by atoms with van der Waals surface area (Å²) >= 11 is 0. The van der Waals surface area contributed by atoms with E-state index >= 15 is 0 Å². The molecule has 0 unspecified atom stereocenters. The van der Waals surface area contributed by atoms with E-state index in [-0.39, 0.29) is 35.2 Å². The van der Waals surface area contributed by atoms with E-state index in [1.165, 1.54) is 38.5 Å². The molecule has 1 aromatic heterocycles. The molecule has 0 atom stereocenters. The molecule has 0 aliphatic rings. The molecule has 0 bridgehead atoms. The summed E-state index contributed by atoms with van der Waals surface area (Å²) in [5.74, 6) is -3.23. The number of nitrogens with one attached hydrogen (secondary N) is 2. The molecule has 2 aromatic carbocycles.